The van der Waals surface area contributed by atoms with E-state index in [2.05, 4.69) is 5.32 Å². The van der Waals surface area contributed by atoms with Crippen LogP contribution in [0.4, 0.5) is 5.69 Å². The minimum Gasteiger partial charge on any atom is -0.506 e. The van der Waals surface area contributed by atoms with Crippen molar-refractivity contribution in [2.45, 2.75) is 38.3 Å². The molecule has 0 bridgehead atoms. The Balaban J connectivity index is 1.80. The van der Waals surface area contributed by atoms with E-state index in [0.717, 1.165) is 34.9 Å². The number of hydrogen-bond donors (Lipinski definition) is 3. The van der Waals surface area contributed by atoms with Gasteiger partial charge in [-0.2, -0.15) is 0 Å². The zero-order valence-electron chi connectivity index (χ0n) is 13.4. The number of aryl methyl sites for hydroxylation is 1. The van der Waals surface area contributed by atoms with E-state index in [0.29, 0.717) is 32.0 Å². The summed E-state index contributed by atoms with van der Waals surface area (Å²) in [6.07, 6.45) is 2.85. The van der Waals surface area contributed by atoms with Crippen LogP contribution in [0.25, 0.3) is 0 Å². The molecule has 0 saturated carbocycles. The Morgan fingerprint density at radius 1 is 1.38 bits per heavy atom. The van der Waals surface area contributed by atoms with Crippen LogP contribution in [0.5, 0.6) is 5.75 Å². The zero-order chi connectivity index (χ0) is 17.1. The highest BCUT2D eigenvalue weighted by Crippen LogP contribution is 2.36. The standard InChI is InChI=1S/C16H22N2O5S/c19-14-4-3-12-6-11(8-17-13-2-1-5-23-10-13)7-15(20)16(12)18(9-14)24(21)22/h6-7,13,17,20H,1-5,8-10H2,(H,21,22)/t13-/m0/s1. The van der Waals surface area contributed by atoms with Crippen LogP contribution in [0.3, 0.4) is 0 Å². The molecule has 3 rings (SSSR count). The summed E-state index contributed by atoms with van der Waals surface area (Å²) >= 11 is -2.35. The smallest absolute Gasteiger partial charge is 0.262 e. The van der Waals surface area contributed by atoms with Gasteiger partial charge in [-0.3, -0.25) is 13.7 Å². The number of nitrogens with zero attached hydrogens (tertiary/aromatic N) is 1. The Kier molecular flexibility index (Phi) is 5.50. The molecule has 1 unspecified atom stereocenters. The lowest BCUT2D eigenvalue weighted by Gasteiger charge is -2.24. The largest absolute Gasteiger partial charge is 0.506 e. The SMILES string of the molecule is O=C1CCc2cc(CN[C@H]3CCCOC3)cc(O)c2N(S(=O)O)C1. The second kappa shape index (κ2) is 7.60. The summed E-state index contributed by atoms with van der Waals surface area (Å²) < 4.78 is 27.5. The number of fused-ring (bicyclic) bond motifs is 1. The van der Waals surface area contributed by atoms with Crippen LogP contribution in [-0.2, 0) is 33.8 Å². The second-order valence-corrected chi connectivity index (χ2v) is 7.13. The number of carbonyl (C=O) groups excluding carboxylic acids is 1. The summed E-state index contributed by atoms with van der Waals surface area (Å²) in [5, 5.41) is 13.8. The molecular formula is C16H22N2O5S. The van der Waals surface area contributed by atoms with Gasteiger partial charge in [0.25, 0.3) is 11.3 Å². The molecule has 0 aromatic heterocycles. The summed E-state index contributed by atoms with van der Waals surface area (Å²) in [5.74, 6) is -0.187. The third kappa shape index (κ3) is 3.94. The quantitative estimate of drug-likeness (QED) is 0.701. The van der Waals surface area contributed by atoms with E-state index in [-0.39, 0.29) is 23.8 Å². The molecule has 8 heteroatoms. The maximum Gasteiger partial charge on any atom is 0.262 e. The molecule has 0 amide bonds. The Morgan fingerprint density at radius 3 is 2.92 bits per heavy atom. The average Bonchev–Trinajstić information content (AvgIpc) is 2.74. The van der Waals surface area contributed by atoms with E-state index in [1.807, 2.05) is 6.07 Å². The van der Waals surface area contributed by atoms with E-state index in [4.69, 9.17) is 4.74 Å². The molecule has 3 N–H and O–H groups in total. The highest BCUT2D eigenvalue weighted by molar-refractivity contribution is 7.80. The summed E-state index contributed by atoms with van der Waals surface area (Å²) in [7, 11) is 0. The molecule has 132 valence electrons. The van der Waals surface area contributed by atoms with Crippen molar-refractivity contribution in [1.82, 2.24) is 5.32 Å². The summed E-state index contributed by atoms with van der Waals surface area (Å²) in [6, 6.07) is 3.78. The molecule has 0 spiro atoms. The Labute approximate surface area is 143 Å². The molecule has 2 aliphatic heterocycles. The molecule has 1 fully saturated rings. The average molecular weight is 354 g/mol. The van der Waals surface area contributed by atoms with Crippen LogP contribution in [0.15, 0.2) is 12.1 Å². The first-order valence-electron chi connectivity index (χ1n) is 8.10. The van der Waals surface area contributed by atoms with E-state index >= 15 is 0 Å². The topological polar surface area (TPSA) is 99.1 Å². The number of aromatic hydroxyl groups is 1. The van der Waals surface area contributed by atoms with Crippen LogP contribution in [0.1, 0.15) is 30.4 Å². The first-order chi connectivity index (χ1) is 11.5. The fourth-order valence-corrected chi connectivity index (χ4v) is 3.83. The van der Waals surface area contributed by atoms with Gasteiger partial charge in [-0.1, -0.05) is 6.07 Å². The van der Waals surface area contributed by atoms with E-state index in [1.54, 1.807) is 6.07 Å². The van der Waals surface area contributed by atoms with Crippen molar-refractivity contribution in [2.75, 3.05) is 24.1 Å². The third-order valence-electron chi connectivity index (χ3n) is 4.41. The number of phenolic OH excluding ortho intramolecular Hbond substituents is 1. The minimum atomic E-state index is -2.35. The molecule has 2 aliphatic rings. The van der Waals surface area contributed by atoms with Crippen molar-refractivity contribution < 1.29 is 23.4 Å². The van der Waals surface area contributed by atoms with Crippen molar-refractivity contribution in [1.29, 1.82) is 0 Å². The lowest BCUT2D eigenvalue weighted by molar-refractivity contribution is -0.117. The fourth-order valence-electron chi connectivity index (χ4n) is 3.21. The van der Waals surface area contributed by atoms with Crippen LogP contribution in [0, 0.1) is 0 Å². The lowest BCUT2D eigenvalue weighted by atomic mass is 10.0. The molecule has 2 heterocycles. The first-order valence-corrected chi connectivity index (χ1v) is 9.17. The molecular weight excluding hydrogens is 332 g/mol. The monoisotopic (exact) mass is 354 g/mol. The first kappa shape index (κ1) is 17.3. The maximum atomic E-state index is 11.8. The zero-order valence-corrected chi connectivity index (χ0v) is 14.2. The Bertz CT molecular complexity index is 646. The number of nitrogens with one attached hydrogen (secondary N) is 1. The number of Topliss-reactive ketones (excluding diaryl/α,β-unsaturated/α-hetero) is 1. The normalized spacial score (nSPS) is 22.8. The molecule has 1 aromatic rings. The molecule has 1 aromatic carbocycles. The van der Waals surface area contributed by atoms with E-state index in [9.17, 15) is 18.7 Å². The third-order valence-corrected chi connectivity index (χ3v) is 5.10. The van der Waals surface area contributed by atoms with E-state index < -0.39 is 11.3 Å². The van der Waals surface area contributed by atoms with E-state index in [1.165, 1.54) is 0 Å². The van der Waals surface area contributed by atoms with Gasteiger partial charge < -0.3 is 15.2 Å². The lowest BCUT2D eigenvalue weighted by Crippen LogP contribution is -2.36. The van der Waals surface area contributed by atoms with Gasteiger partial charge in [-0.05, 0) is 36.5 Å². The molecule has 7 nitrogen and oxygen atoms in total. The molecule has 1 saturated heterocycles. The Morgan fingerprint density at radius 2 is 2.21 bits per heavy atom. The van der Waals surface area contributed by atoms with Gasteiger partial charge in [0.05, 0.1) is 18.8 Å². The summed E-state index contributed by atoms with van der Waals surface area (Å²) in [5.41, 5.74) is 1.89. The van der Waals surface area contributed by atoms with Gasteiger partial charge in [0.1, 0.15) is 5.75 Å². The van der Waals surface area contributed by atoms with Gasteiger partial charge in [0, 0.05) is 25.6 Å². The predicted octanol–water partition coefficient (Wildman–Crippen LogP) is 1.12. The van der Waals surface area contributed by atoms with Gasteiger partial charge in [0.15, 0.2) is 5.78 Å². The summed E-state index contributed by atoms with van der Waals surface area (Å²) in [4.78, 5) is 11.8. The second-order valence-electron chi connectivity index (χ2n) is 6.22. The van der Waals surface area contributed by atoms with Crippen molar-refractivity contribution in [2.24, 2.45) is 0 Å². The van der Waals surface area contributed by atoms with Crippen LogP contribution in [-0.4, -0.2) is 45.5 Å². The molecule has 24 heavy (non-hydrogen) atoms. The molecule has 0 radical (unpaired) electrons. The predicted molar refractivity (Wildman–Crippen MR) is 90.2 cm³/mol. The van der Waals surface area contributed by atoms with Crippen LogP contribution < -0.4 is 9.62 Å². The highest BCUT2D eigenvalue weighted by Gasteiger charge is 2.27. The number of ether oxygens (including phenoxy) is 1. The van der Waals surface area contributed by atoms with Crippen LogP contribution in [0.2, 0.25) is 0 Å². The van der Waals surface area contributed by atoms with Gasteiger partial charge in [0.2, 0.25) is 0 Å². The molecule has 0 aliphatic carbocycles. The van der Waals surface area contributed by atoms with Crippen molar-refractivity contribution in [3.63, 3.8) is 0 Å². The summed E-state index contributed by atoms with van der Waals surface area (Å²) in [6.45, 7) is 1.90. The number of carbonyl (C=O) groups is 1. The van der Waals surface area contributed by atoms with Crippen molar-refractivity contribution in [3.05, 3.63) is 23.3 Å². The van der Waals surface area contributed by atoms with Crippen molar-refractivity contribution in [3.8, 4) is 5.75 Å². The number of anilines is 1. The van der Waals surface area contributed by atoms with Crippen LogP contribution >= 0.6 is 0 Å². The number of benzene rings is 1. The minimum absolute atomic E-state index is 0.0682. The fraction of sp³-hybridized carbons (Fsp3) is 0.562. The van der Waals surface area contributed by atoms with Gasteiger partial charge in [-0.25, -0.2) is 4.21 Å². The Hall–Kier alpha value is -1.48. The number of rotatable bonds is 4. The van der Waals surface area contributed by atoms with Gasteiger partial charge >= 0.3 is 0 Å². The number of phenols is 1. The highest BCUT2D eigenvalue weighted by atomic mass is 32.2. The van der Waals surface area contributed by atoms with Gasteiger partial charge in [-0.15, -0.1) is 0 Å². The maximum absolute atomic E-state index is 11.8. The number of ketones is 1. The number of hydrogen-bond acceptors (Lipinski definition) is 5. The molecule has 2 atom stereocenters. The van der Waals surface area contributed by atoms with Crippen molar-refractivity contribution >= 4 is 22.7 Å².